The lowest BCUT2D eigenvalue weighted by Crippen LogP contribution is -2.46. The molecule has 12 heteroatoms. The molecule has 0 spiro atoms. The number of hydrogen-bond acceptors (Lipinski definition) is 8. The van der Waals surface area contributed by atoms with Crippen LogP contribution in [0.2, 0.25) is 0 Å². The van der Waals surface area contributed by atoms with Crippen molar-refractivity contribution in [3.8, 4) is 0 Å². The van der Waals surface area contributed by atoms with E-state index in [4.69, 9.17) is 9.84 Å². The highest BCUT2D eigenvalue weighted by Crippen LogP contribution is 2.22. The molecule has 38 heavy (non-hydrogen) atoms. The highest BCUT2D eigenvalue weighted by atomic mass is 16.6. The summed E-state index contributed by atoms with van der Waals surface area (Å²) in [7, 11) is 3.88. The third-order valence-electron chi connectivity index (χ3n) is 4.88. The van der Waals surface area contributed by atoms with Crippen molar-refractivity contribution in [2.45, 2.75) is 26.4 Å². The second-order valence-corrected chi connectivity index (χ2v) is 9.48. The van der Waals surface area contributed by atoms with E-state index >= 15 is 0 Å². The number of carbonyl (C=O) groups is 4. The van der Waals surface area contributed by atoms with Crippen molar-refractivity contribution < 1.29 is 29.0 Å². The monoisotopic (exact) mass is 526 g/mol. The predicted octanol–water partition coefficient (Wildman–Crippen LogP) is 3.34. The number of anilines is 1. The predicted molar refractivity (Wildman–Crippen MR) is 142 cm³/mol. The molecule has 0 aliphatic carbocycles. The molecule has 0 fully saturated rings. The van der Waals surface area contributed by atoms with E-state index in [0.717, 1.165) is 10.6 Å². The van der Waals surface area contributed by atoms with E-state index in [1.807, 2.05) is 43.3 Å². The molecule has 0 saturated heterocycles. The van der Waals surface area contributed by atoms with Crippen LogP contribution in [0.4, 0.5) is 21.9 Å². The first-order chi connectivity index (χ1) is 17.8. The zero-order valence-electron chi connectivity index (χ0n) is 22.2. The fourth-order valence-electron chi connectivity index (χ4n) is 3.07. The lowest BCUT2D eigenvalue weighted by Gasteiger charge is -2.23. The summed E-state index contributed by atoms with van der Waals surface area (Å²) in [6, 6.07) is 13.9. The van der Waals surface area contributed by atoms with Gasteiger partial charge in [0.25, 0.3) is 5.91 Å². The Balaban J connectivity index is 1.94. The minimum atomic E-state index is -1.23. The Hall–Kier alpha value is -4.48. The van der Waals surface area contributed by atoms with Gasteiger partial charge in [-0.25, -0.2) is 4.79 Å². The number of carboxylic acids is 1. The van der Waals surface area contributed by atoms with Crippen molar-refractivity contribution >= 4 is 40.9 Å². The summed E-state index contributed by atoms with van der Waals surface area (Å²) >= 11 is 0. The van der Waals surface area contributed by atoms with Gasteiger partial charge in [0.2, 0.25) is 5.91 Å². The highest BCUT2D eigenvalue weighted by Gasteiger charge is 2.20. The number of azo groups is 1. The van der Waals surface area contributed by atoms with E-state index in [2.05, 4.69) is 20.9 Å². The number of benzene rings is 2. The van der Waals surface area contributed by atoms with Gasteiger partial charge >= 0.3 is 12.1 Å². The molecule has 0 saturated carbocycles. The molecule has 2 aromatic rings. The van der Waals surface area contributed by atoms with Crippen LogP contribution in [0.1, 0.15) is 31.1 Å². The number of amides is 3. The summed E-state index contributed by atoms with van der Waals surface area (Å²) in [5.41, 5.74) is 1.69. The first-order valence-electron chi connectivity index (χ1n) is 11.9. The summed E-state index contributed by atoms with van der Waals surface area (Å²) in [6.07, 6.45) is -0.684. The number of hydrogen-bond donors (Lipinski definition) is 3. The largest absolute Gasteiger partial charge is 0.480 e. The zero-order chi connectivity index (χ0) is 28.3. The number of ether oxygens (including phenoxy) is 1. The van der Waals surface area contributed by atoms with Crippen molar-refractivity contribution in [3.63, 3.8) is 0 Å². The van der Waals surface area contributed by atoms with Gasteiger partial charge in [-0.2, -0.15) is 10.2 Å². The molecule has 2 aromatic carbocycles. The Labute approximate surface area is 221 Å². The van der Waals surface area contributed by atoms with Crippen LogP contribution in [-0.2, 0) is 14.3 Å². The first kappa shape index (κ1) is 29.7. The van der Waals surface area contributed by atoms with E-state index in [-0.39, 0.29) is 18.7 Å². The standard InChI is InChI=1S/C26H34N6O6/c1-26(2,3)38-25(37)27-13-14-32(17-23(34)35)22(33)16-28-24(36)18-7-6-8-20(15-18)30-29-19-9-11-21(12-10-19)31(4)5/h6-12,15H,13-14,16-17H2,1-5H3,(H,27,37)(H,28,36)(H,34,35)/b30-29+. The molecule has 204 valence electrons. The molecule has 0 radical (unpaired) electrons. The topological polar surface area (TPSA) is 153 Å². The maximum atomic E-state index is 12.6. The Bertz CT molecular complexity index is 1160. The van der Waals surface area contributed by atoms with E-state index in [0.29, 0.717) is 11.4 Å². The molecule has 3 N–H and O–H groups in total. The van der Waals surface area contributed by atoms with Gasteiger partial charge in [-0.15, -0.1) is 0 Å². The average molecular weight is 527 g/mol. The normalized spacial score (nSPS) is 11.1. The minimum Gasteiger partial charge on any atom is -0.480 e. The van der Waals surface area contributed by atoms with Crippen LogP contribution in [0.15, 0.2) is 58.8 Å². The smallest absolute Gasteiger partial charge is 0.407 e. The molecule has 0 heterocycles. The third kappa shape index (κ3) is 10.6. The van der Waals surface area contributed by atoms with Crippen LogP contribution in [0.3, 0.4) is 0 Å². The van der Waals surface area contributed by atoms with Crippen LogP contribution >= 0.6 is 0 Å². The number of nitrogens with zero attached hydrogens (tertiary/aromatic N) is 4. The summed E-state index contributed by atoms with van der Waals surface area (Å²) in [4.78, 5) is 51.1. The lowest BCUT2D eigenvalue weighted by molar-refractivity contribution is -0.144. The van der Waals surface area contributed by atoms with Gasteiger partial charge in [0.1, 0.15) is 12.1 Å². The van der Waals surface area contributed by atoms with Gasteiger partial charge < -0.3 is 30.3 Å². The van der Waals surface area contributed by atoms with Crippen molar-refractivity contribution in [2.75, 3.05) is 45.2 Å². The lowest BCUT2D eigenvalue weighted by atomic mass is 10.2. The highest BCUT2D eigenvalue weighted by molar-refractivity contribution is 5.97. The number of alkyl carbamates (subject to hydrolysis) is 1. The Morgan fingerprint density at radius 1 is 0.947 bits per heavy atom. The second-order valence-electron chi connectivity index (χ2n) is 9.48. The average Bonchev–Trinajstić information content (AvgIpc) is 2.84. The van der Waals surface area contributed by atoms with Crippen molar-refractivity contribution in [2.24, 2.45) is 10.2 Å². The summed E-state index contributed by atoms with van der Waals surface area (Å²) in [6.45, 7) is 4.01. The number of carboxylic acid groups (broad SMARTS) is 1. The van der Waals surface area contributed by atoms with E-state index in [1.165, 1.54) is 6.07 Å². The molecule has 0 unspecified atom stereocenters. The molecular weight excluding hydrogens is 492 g/mol. The Morgan fingerprint density at radius 2 is 1.61 bits per heavy atom. The molecule has 0 atom stereocenters. The van der Waals surface area contributed by atoms with Gasteiger partial charge in [-0.3, -0.25) is 14.4 Å². The summed E-state index contributed by atoms with van der Waals surface area (Å²) in [5.74, 6) is -2.38. The van der Waals surface area contributed by atoms with Gasteiger partial charge in [-0.1, -0.05) is 6.07 Å². The quantitative estimate of drug-likeness (QED) is 0.380. The molecule has 0 aliphatic rings. The van der Waals surface area contributed by atoms with Crippen molar-refractivity contribution in [3.05, 3.63) is 54.1 Å². The van der Waals surface area contributed by atoms with Crippen LogP contribution in [0, 0.1) is 0 Å². The SMILES string of the molecule is CN(C)c1ccc(/N=N/c2cccc(C(=O)NCC(=O)N(CCNC(=O)OC(C)(C)C)CC(=O)O)c2)cc1. The molecule has 0 aromatic heterocycles. The fraction of sp³-hybridized carbons (Fsp3) is 0.385. The van der Waals surface area contributed by atoms with Crippen molar-refractivity contribution in [1.82, 2.24) is 15.5 Å². The number of nitrogens with one attached hydrogen (secondary N) is 2. The zero-order valence-corrected chi connectivity index (χ0v) is 22.2. The molecule has 0 aliphatic heterocycles. The number of rotatable bonds is 11. The van der Waals surface area contributed by atoms with Gasteiger partial charge in [0.05, 0.1) is 17.9 Å². The fourth-order valence-corrected chi connectivity index (χ4v) is 3.07. The van der Waals surface area contributed by atoms with E-state index < -0.39 is 42.6 Å². The van der Waals surface area contributed by atoms with Gasteiger partial charge in [0.15, 0.2) is 0 Å². The first-order valence-corrected chi connectivity index (χ1v) is 11.9. The van der Waals surface area contributed by atoms with Crippen LogP contribution in [0.5, 0.6) is 0 Å². The Morgan fingerprint density at radius 3 is 2.21 bits per heavy atom. The molecular formula is C26H34N6O6. The van der Waals surface area contributed by atoms with Gasteiger partial charge in [0, 0.05) is 38.4 Å². The number of carbonyl (C=O) groups excluding carboxylic acids is 3. The molecule has 0 bridgehead atoms. The molecule has 3 amide bonds. The summed E-state index contributed by atoms with van der Waals surface area (Å²) in [5, 5.41) is 22.4. The Kier molecular flexibility index (Phi) is 10.7. The van der Waals surface area contributed by atoms with E-state index in [9.17, 15) is 19.2 Å². The van der Waals surface area contributed by atoms with Crippen LogP contribution in [0.25, 0.3) is 0 Å². The second kappa shape index (κ2) is 13.7. The summed E-state index contributed by atoms with van der Waals surface area (Å²) < 4.78 is 5.11. The van der Waals surface area contributed by atoms with Crippen molar-refractivity contribution in [1.29, 1.82) is 0 Å². The third-order valence-corrected chi connectivity index (χ3v) is 4.88. The van der Waals surface area contributed by atoms with Crippen LogP contribution in [-0.4, -0.2) is 79.8 Å². The van der Waals surface area contributed by atoms with Crippen LogP contribution < -0.4 is 15.5 Å². The molecule has 12 nitrogen and oxygen atoms in total. The van der Waals surface area contributed by atoms with E-state index in [1.54, 1.807) is 39.0 Å². The minimum absolute atomic E-state index is 0.0210. The maximum Gasteiger partial charge on any atom is 0.407 e. The number of aliphatic carboxylic acids is 1. The van der Waals surface area contributed by atoms with Gasteiger partial charge in [-0.05, 0) is 63.2 Å². The molecule has 2 rings (SSSR count). The maximum absolute atomic E-state index is 12.6.